The van der Waals surface area contributed by atoms with Crippen molar-refractivity contribution in [2.24, 2.45) is 0 Å². The van der Waals surface area contributed by atoms with Gasteiger partial charge in [0.1, 0.15) is 13.2 Å². The molecule has 0 aliphatic carbocycles. The van der Waals surface area contributed by atoms with Crippen molar-refractivity contribution in [2.75, 3.05) is 13.2 Å². The first-order valence-electron chi connectivity index (χ1n) is 5.52. The van der Waals surface area contributed by atoms with Gasteiger partial charge in [0, 0.05) is 9.35 Å². The van der Waals surface area contributed by atoms with Crippen LogP contribution in [0.25, 0.3) is 0 Å². The molecule has 0 saturated heterocycles. The fraction of sp³-hybridized carbons (Fsp3) is 0.231. The zero-order valence-electron chi connectivity index (χ0n) is 9.36. The summed E-state index contributed by atoms with van der Waals surface area (Å²) in [5.41, 5.74) is 1.00. The van der Waals surface area contributed by atoms with E-state index >= 15 is 0 Å². The van der Waals surface area contributed by atoms with Crippen molar-refractivity contribution >= 4 is 38.9 Å². The molecule has 0 saturated carbocycles. The van der Waals surface area contributed by atoms with Gasteiger partial charge >= 0.3 is 0 Å². The molecule has 1 aromatic carbocycles. The van der Waals surface area contributed by atoms with E-state index in [4.69, 9.17) is 21.1 Å². The Morgan fingerprint density at radius 1 is 1.22 bits per heavy atom. The predicted molar refractivity (Wildman–Crippen MR) is 77.1 cm³/mol. The molecule has 1 aromatic heterocycles. The van der Waals surface area contributed by atoms with Crippen LogP contribution in [-0.2, 0) is 0 Å². The number of fused-ring (bicyclic) bond motifs is 1. The number of hydrogen-bond acceptors (Lipinski definition) is 3. The van der Waals surface area contributed by atoms with Crippen molar-refractivity contribution in [1.29, 1.82) is 0 Å². The van der Waals surface area contributed by atoms with Gasteiger partial charge in [0.05, 0.1) is 5.38 Å². The quantitative estimate of drug-likeness (QED) is 0.740. The van der Waals surface area contributed by atoms with Crippen molar-refractivity contribution in [3.8, 4) is 11.5 Å². The zero-order valence-corrected chi connectivity index (χ0v) is 12.5. The minimum absolute atomic E-state index is 0.171. The zero-order chi connectivity index (χ0) is 12.5. The Hall–Kier alpha value is -0.710. The topological polar surface area (TPSA) is 18.5 Å². The maximum atomic E-state index is 6.50. The summed E-state index contributed by atoms with van der Waals surface area (Å²) in [6.45, 7) is 1.17. The molecule has 0 radical (unpaired) electrons. The van der Waals surface area contributed by atoms with E-state index in [-0.39, 0.29) is 5.38 Å². The third-order valence-corrected chi connectivity index (χ3v) is 4.95. The highest BCUT2D eigenvalue weighted by atomic mass is 79.9. The largest absolute Gasteiger partial charge is 0.486 e. The Morgan fingerprint density at radius 2 is 1.94 bits per heavy atom. The van der Waals surface area contributed by atoms with Gasteiger partial charge in [-0.25, -0.2) is 0 Å². The maximum Gasteiger partial charge on any atom is 0.162 e. The molecule has 1 aliphatic heterocycles. The van der Waals surface area contributed by atoms with Gasteiger partial charge in [-0.1, -0.05) is 22.0 Å². The van der Waals surface area contributed by atoms with Crippen LogP contribution >= 0.6 is 38.9 Å². The number of ether oxygens (including phenoxy) is 2. The average Bonchev–Trinajstić information content (AvgIpc) is 2.91. The van der Waals surface area contributed by atoms with Gasteiger partial charge in [0.2, 0.25) is 0 Å². The molecular weight excluding hydrogens is 336 g/mol. The van der Waals surface area contributed by atoms with Crippen molar-refractivity contribution in [2.45, 2.75) is 5.38 Å². The van der Waals surface area contributed by atoms with E-state index in [1.807, 2.05) is 29.6 Å². The van der Waals surface area contributed by atoms with Gasteiger partial charge in [-0.2, -0.15) is 0 Å². The van der Waals surface area contributed by atoms with Gasteiger partial charge in [-0.3, -0.25) is 0 Å². The number of thiophene rings is 1. The molecule has 18 heavy (non-hydrogen) atoms. The smallest absolute Gasteiger partial charge is 0.162 e. The van der Waals surface area contributed by atoms with Crippen LogP contribution < -0.4 is 9.47 Å². The molecule has 2 aromatic rings. The van der Waals surface area contributed by atoms with Crippen LogP contribution in [0.1, 0.15) is 15.8 Å². The fourth-order valence-electron chi connectivity index (χ4n) is 1.86. The number of hydrogen-bond donors (Lipinski definition) is 0. The first kappa shape index (κ1) is 12.3. The van der Waals surface area contributed by atoms with Gasteiger partial charge < -0.3 is 9.47 Å². The number of benzene rings is 1. The second-order valence-corrected chi connectivity index (χ2v) is 6.17. The summed E-state index contributed by atoms with van der Waals surface area (Å²) in [6.07, 6.45) is 0. The summed E-state index contributed by atoms with van der Waals surface area (Å²) in [7, 11) is 0. The lowest BCUT2D eigenvalue weighted by molar-refractivity contribution is 0.171. The second kappa shape index (κ2) is 5.11. The molecule has 0 amide bonds. The molecule has 1 unspecified atom stereocenters. The normalized spacial score (nSPS) is 15.4. The second-order valence-electron chi connectivity index (χ2n) is 3.90. The highest BCUT2D eigenvalue weighted by Crippen LogP contribution is 2.42. The summed E-state index contributed by atoms with van der Waals surface area (Å²) in [5.74, 6) is 1.54. The highest BCUT2D eigenvalue weighted by Gasteiger charge is 2.20. The Kier molecular flexibility index (Phi) is 3.50. The molecule has 0 spiro atoms. The number of alkyl halides is 1. The summed E-state index contributed by atoms with van der Waals surface area (Å²) in [5, 5.41) is 1.85. The van der Waals surface area contributed by atoms with Gasteiger partial charge in [-0.15, -0.1) is 22.9 Å². The lowest BCUT2D eigenvalue weighted by Gasteiger charge is -2.21. The molecule has 2 nitrogen and oxygen atoms in total. The van der Waals surface area contributed by atoms with E-state index < -0.39 is 0 Å². The third-order valence-electron chi connectivity index (χ3n) is 2.73. The van der Waals surface area contributed by atoms with E-state index in [0.717, 1.165) is 26.4 Å². The third kappa shape index (κ3) is 2.25. The molecule has 0 fully saturated rings. The van der Waals surface area contributed by atoms with Gasteiger partial charge in [0.15, 0.2) is 11.5 Å². The summed E-state index contributed by atoms with van der Waals surface area (Å²) >= 11 is 11.7. The van der Waals surface area contributed by atoms with Crippen molar-refractivity contribution < 1.29 is 9.47 Å². The minimum Gasteiger partial charge on any atom is -0.486 e. The molecule has 94 valence electrons. The molecule has 2 heterocycles. The monoisotopic (exact) mass is 344 g/mol. The van der Waals surface area contributed by atoms with Crippen molar-refractivity contribution in [1.82, 2.24) is 0 Å². The van der Waals surface area contributed by atoms with Crippen LogP contribution in [0.3, 0.4) is 0 Å². The molecule has 1 aliphatic rings. The van der Waals surface area contributed by atoms with Crippen LogP contribution in [0, 0.1) is 0 Å². The van der Waals surface area contributed by atoms with Crippen LogP contribution in [-0.4, -0.2) is 13.2 Å². The maximum absolute atomic E-state index is 6.50. The molecule has 3 rings (SSSR count). The van der Waals surface area contributed by atoms with E-state index in [1.54, 1.807) is 11.3 Å². The van der Waals surface area contributed by atoms with Crippen LogP contribution in [0.15, 0.2) is 34.1 Å². The Morgan fingerprint density at radius 3 is 2.61 bits per heavy atom. The standard InChI is InChI=1S/C13H10BrClO2S/c14-9-7-11-10(16-3-4-17-11)6-8(9)13(15)12-2-1-5-18-12/h1-2,5-7,13H,3-4H2. The SMILES string of the molecule is ClC(c1cccs1)c1cc2c(cc1Br)OCCO2. The number of halogens is 2. The first-order valence-corrected chi connectivity index (χ1v) is 7.63. The van der Waals surface area contributed by atoms with Crippen molar-refractivity contribution in [3.05, 3.63) is 44.6 Å². The summed E-state index contributed by atoms with van der Waals surface area (Å²) in [4.78, 5) is 1.12. The van der Waals surface area contributed by atoms with E-state index in [1.165, 1.54) is 0 Å². The van der Waals surface area contributed by atoms with E-state index in [9.17, 15) is 0 Å². The number of rotatable bonds is 2. The Balaban J connectivity index is 2.01. The first-order chi connectivity index (χ1) is 8.75. The Labute approximate surface area is 123 Å². The lowest BCUT2D eigenvalue weighted by Crippen LogP contribution is -2.15. The van der Waals surface area contributed by atoms with Gasteiger partial charge in [-0.05, 0) is 29.1 Å². The summed E-state index contributed by atoms with van der Waals surface area (Å²) in [6, 6.07) is 7.91. The fourth-order valence-corrected chi connectivity index (χ4v) is 3.67. The van der Waals surface area contributed by atoms with Crippen molar-refractivity contribution in [3.63, 3.8) is 0 Å². The molecule has 0 N–H and O–H groups in total. The molecule has 1 atom stereocenters. The summed E-state index contributed by atoms with van der Waals surface area (Å²) < 4.78 is 12.1. The molecule has 5 heteroatoms. The minimum atomic E-state index is -0.171. The molecular formula is C13H10BrClO2S. The van der Waals surface area contributed by atoms with Crippen LogP contribution in [0.4, 0.5) is 0 Å². The van der Waals surface area contributed by atoms with Gasteiger partial charge in [0.25, 0.3) is 0 Å². The van der Waals surface area contributed by atoms with E-state index in [0.29, 0.717) is 13.2 Å². The Bertz CT molecular complexity index is 556. The predicted octanol–water partition coefficient (Wildman–Crippen LogP) is 4.61. The van der Waals surface area contributed by atoms with Crippen LogP contribution in [0.5, 0.6) is 11.5 Å². The van der Waals surface area contributed by atoms with E-state index in [2.05, 4.69) is 15.9 Å². The average molecular weight is 346 g/mol. The van der Waals surface area contributed by atoms with Crippen LogP contribution in [0.2, 0.25) is 0 Å². The molecule has 0 bridgehead atoms. The highest BCUT2D eigenvalue weighted by molar-refractivity contribution is 9.10. The lowest BCUT2D eigenvalue weighted by atomic mass is 10.1.